The molecule has 2 rings (SSSR count). The van der Waals surface area contributed by atoms with Crippen molar-refractivity contribution in [3.8, 4) is 0 Å². The average molecular weight is 258 g/mol. The van der Waals surface area contributed by atoms with Gasteiger partial charge in [0.2, 0.25) is 0 Å². The second-order valence-electron chi connectivity index (χ2n) is 3.51. The van der Waals surface area contributed by atoms with Gasteiger partial charge in [-0.2, -0.15) is 13.2 Å². The van der Waals surface area contributed by atoms with E-state index in [1.165, 1.54) is 0 Å². The molecule has 0 fully saturated rings. The summed E-state index contributed by atoms with van der Waals surface area (Å²) in [5.74, 6) is 0. The maximum Gasteiger partial charge on any atom is 0.416 e. The molecular formula is C10H5F3N2O3. The minimum absolute atomic E-state index is 0.222. The fraction of sp³-hybridized carbons (Fsp3) is 0.100. The van der Waals surface area contributed by atoms with Gasteiger partial charge in [-0.05, 0) is 6.07 Å². The van der Waals surface area contributed by atoms with Crippen LogP contribution in [0.15, 0.2) is 29.2 Å². The topological polar surface area (TPSA) is 76.0 Å². The molecule has 0 saturated heterocycles. The standard InChI is InChI=1S/C10H5F3N2O3/c11-10(12,13)5-3-6-8(16)1-2-14-9(6)7(4-5)15(17)18/h1-4H,(H,14,16). The summed E-state index contributed by atoms with van der Waals surface area (Å²) >= 11 is 0. The summed E-state index contributed by atoms with van der Waals surface area (Å²) in [4.78, 5) is 23.6. The van der Waals surface area contributed by atoms with Crippen LogP contribution < -0.4 is 5.43 Å². The van der Waals surface area contributed by atoms with E-state index in [-0.39, 0.29) is 10.9 Å². The number of aromatic amines is 1. The molecule has 1 aromatic carbocycles. The van der Waals surface area contributed by atoms with Gasteiger partial charge in [0, 0.05) is 18.3 Å². The zero-order chi connectivity index (χ0) is 13.5. The van der Waals surface area contributed by atoms with Crippen molar-refractivity contribution >= 4 is 16.6 Å². The molecule has 0 atom stereocenters. The van der Waals surface area contributed by atoms with Crippen LogP contribution in [0, 0.1) is 10.1 Å². The number of nitro benzene ring substituents is 1. The number of nitrogens with one attached hydrogen (secondary N) is 1. The van der Waals surface area contributed by atoms with Crippen LogP contribution in [0.25, 0.3) is 10.9 Å². The Morgan fingerprint density at radius 3 is 2.50 bits per heavy atom. The first-order valence-corrected chi connectivity index (χ1v) is 4.68. The molecule has 0 bridgehead atoms. The molecule has 0 aliphatic heterocycles. The largest absolute Gasteiger partial charge is 0.416 e. The van der Waals surface area contributed by atoms with Gasteiger partial charge in [-0.1, -0.05) is 0 Å². The average Bonchev–Trinajstić information content (AvgIpc) is 2.27. The van der Waals surface area contributed by atoms with Gasteiger partial charge in [0.25, 0.3) is 5.69 Å². The lowest BCUT2D eigenvalue weighted by molar-refractivity contribution is -0.383. The van der Waals surface area contributed by atoms with Crippen LogP contribution >= 0.6 is 0 Å². The Morgan fingerprint density at radius 2 is 1.94 bits per heavy atom. The SMILES string of the molecule is O=c1cc[nH]c2c([N+](=O)[O-])cc(C(F)(F)F)cc12. The van der Waals surface area contributed by atoms with E-state index >= 15 is 0 Å². The molecule has 0 amide bonds. The number of aromatic nitrogens is 1. The van der Waals surface area contributed by atoms with Crippen molar-refractivity contribution in [2.45, 2.75) is 6.18 Å². The van der Waals surface area contributed by atoms with Gasteiger partial charge in [0.15, 0.2) is 5.43 Å². The molecule has 5 nitrogen and oxygen atoms in total. The third-order valence-corrected chi connectivity index (χ3v) is 2.37. The predicted octanol–water partition coefficient (Wildman–Crippen LogP) is 2.46. The minimum atomic E-state index is -4.75. The molecule has 2 aromatic rings. The van der Waals surface area contributed by atoms with Crippen molar-refractivity contribution < 1.29 is 18.1 Å². The molecule has 18 heavy (non-hydrogen) atoms. The molecule has 0 spiro atoms. The molecule has 0 saturated carbocycles. The van der Waals surface area contributed by atoms with E-state index in [1.807, 2.05) is 0 Å². The molecular weight excluding hydrogens is 253 g/mol. The van der Waals surface area contributed by atoms with Gasteiger partial charge in [-0.25, -0.2) is 0 Å². The number of fused-ring (bicyclic) bond motifs is 1. The summed E-state index contributed by atoms with van der Waals surface area (Å²) < 4.78 is 37.7. The number of halogens is 3. The Labute approximate surface area is 97.0 Å². The van der Waals surface area contributed by atoms with E-state index < -0.39 is 27.8 Å². The van der Waals surface area contributed by atoms with E-state index in [1.54, 1.807) is 0 Å². The number of non-ortho nitro benzene ring substituents is 1. The fourth-order valence-electron chi connectivity index (χ4n) is 1.57. The molecule has 0 aliphatic rings. The molecule has 8 heteroatoms. The Morgan fingerprint density at radius 1 is 1.28 bits per heavy atom. The molecule has 1 N–H and O–H groups in total. The lowest BCUT2D eigenvalue weighted by atomic mass is 10.1. The summed E-state index contributed by atoms with van der Waals surface area (Å²) in [6.07, 6.45) is -3.60. The van der Waals surface area contributed by atoms with E-state index in [0.717, 1.165) is 12.3 Å². The van der Waals surface area contributed by atoms with Gasteiger partial charge in [0.05, 0.1) is 15.9 Å². The van der Waals surface area contributed by atoms with Gasteiger partial charge in [0.1, 0.15) is 5.52 Å². The monoisotopic (exact) mass is 258 g/mol. The van der Waals surface area contributed by atoms with Crippen LogP contribution in [-0.2, 0) is 6.18 Å². The number of benzene rings is 1. The summed E-state index contributed by atoms with van der Waals surface area (Å²) in [6, 6.07) is 2.01. The van der Waals surface area contributed by atoms with Crippen molar-refractivity contribution in [3.05, 3.63) is 50.3 Å². The van der Waals surface area contributed by atoms with E-state index in [9.17, 15) is 28.1 Å². The first kappa shape index (κ1) is 12.1. The van der Waals surface area contributed by atoms with Crippen LogP contribution in [0.3, 0.4) is 0 Å². The number of hydrogen-bond donors (Lipinski definition) is 1. The van der Waals surface area contributed by atoms with Crippen LogP contribution in [0.5, 0.6) is 0 Å². The first-order valence-electron chi connectivity index (χ1n) is 4.68. The summed E-state index contributed by atoms with van der Waals surface area (Å²) in [5, 5.41) is 10.4. The Kier molecular flexibility index (Phi) is 2.57. The molecule has 94 valence electrons. The summed E-state index contributed by atoms with van der Waals surface area (Å²) in [6.45, 7) is 0. The van der Waals surface area contributed by atoms with Crippen molar-refractivity contribution in [2.24, 2.45) is 0 Å². The third-order valence-electron chi connectivity index (χ3n) is 2.37. The van der Waals surface area contributed by atoms with E-state index in [0.29, 0.717) is 12.1 Å². The molecule has 0 unspecified atom stereocenters. The second-order valence-corrected chi connectivity index (χ2v) is 3.51. The van der Waals surface area contributed by atoms with Crippen molar-refractivity contribution in [2.75, 3.05) is 0 Å². The van der Waals surface area contributed by atoms with E-state index in [4.69, 9.17) is 0 Å². The van der Waals surface area contributed by atoms with Gasteiger partial charge >= 0.3 is 6.18 Å². The van der Waals surface area contributed by atoms with Crippen LogP contribution in [0.2, 0.25) is 0 Å². The summed E-state index contributed by atoms with van der Waals surface area (Å²) in [7, 11) is 0. The predicted molar refractivity (Wildman–Crippen MR) is 56.2 cm³/mol. The van der Waals surface area contributed by atoms with E-state index in [2.05, 4.69) is 4.98 Å². The zero-order valence-electron chi connectivity index (χ0n) is 8.62. The maximum atomic E-state index is 12.6. The molecule has 1 heterocycles. The lowest BCUT2D eigenvalue weighted by Crippen LogP contribution is -2.09. The number of nitro groups is 1. The maximum absolute atomic E-state index is 12.6. The first-order chi connectivity index (χ1) is 8.30. The molecule has 0 aliphatic carbocycles. The Bertz CT molecular complexity index is 691. The normalized spacial score (nSPS) is 11.7. The quantitative estimate of drug-likeness (QED) is 0.630. The van der Waals surface area contributed by atoms with Crippen molar-refractivity contribution in [1.29, 1.82) is 0 Å². The number of rotatable bonds is 1. The number of alkyl halides is 3. The minimum Gasteiger partial charge on any atom is -0.355 e. The number of hydrogen-bond acceptors (Lipinski definition) is 3. The van der Waals surface area contributed by atoms with Gasteiger partial charge in [-0.3, -0.25) is 14.9 Å². The number of nitrogens with zero attached hydrogens (tertiary/aromatic N) is 1. The fourth-order valence-corrected chi connectivity index (χ4v) is 1.57. The highest BCUT2D eigenvalue weighted by Crippen LogP contribution is 2.34. The number of H-pyrrole nitrogens is 1. The van der Waals surface area contributed by atoms with Crippen molar-refractivity contribution in [3.63, 3.8) is 0 Å². The Hall–Kier alpha value is -2.38. The molecule has 1 aromatic heterocycles. The van der Waals surface area contributed by atoms with Crippen LogP contribution in [0.4, 0.5) is 18.9 Å². The van der Waals surface area contributed by atoms with Crippen molar-refractivity contribution in [1.82, 2.24) is 4.98 Å². The van der Waals surface area contributed by atoms with Gasteiger partial charge in [-0.15, -0.1) is 0 Å². The Balaban J connectivity index is 2.93. The third kappa shape index (κ3) is 1.92. The molecule has 0 radical (unpaired) electrons. The smallest absolute Gasteiger partial charge is 0.355 e. The lowest BCUT2D eigenvalue weighted by Gasteiger charge is -2.07. The van der Waals surface area contributed by atoms with Crippen LogP contribution in [-0.4, -0.2) is 9.91 Å². The summed E-state index contributed by atoms with van der Waals surface area (Å²) in [5.41, 5.74) is -2.94. The van der Waals surface area contributed by atoms with Gasteiger partial charge < -0.3 is 4.98 Å². The highest BCUT2D eigenvalue weighted by Gasteiger charge is 2.33. The van der Waals surface area contributed by atoms with Crippen LogP contribution in [0.1, 0.15) is 5.56 Å². The highest BCUT2D eigenvalue weighted by atomic mass is 19.4. The number of pyridine rings is 1. The second kappa shape index (κ2) is 3.83. The highest BCUT2D eigenvalue weighted by molar-refractivity contribution is 5.87. The zero-order valence-corrected chi connectivity index (χ0v) is 8.62.